The maximum absolute atomic E-state index is 12.3. The van der Waals surface area contributed by atoms with Crippen LogP contribution in [-0.4, -0.2) is 28.1 Å². The summed E-state index contributed by atoms with van der Waals surface area (Å²) in [6.07, 6.45) is 2.23. The predicted octanol–water partition coefficient (Wildman–Crippen LogP) is 4.32. The molecule has 0 fully saturated rings. The normalized spacial score (nSPS) is 12.0. The third kappa shape index (κ3) is 4.62. The highest BCUT2D eigenvalue weighted by molar-refractivity contribution is 5.86. The van der Waals surface area contributed by atoms with Gasteiger partial charge in [-0.15, -0.1) is 0 Å². The van der Waals surface area contributed by atoms with Gasteiger partial charge in [0.15, 0.2) is 6.10 Å². The molecule has 4 rings (SSSR count). The first-order valence-corrected chi connectivity index (χ1v) is 9.69. The molecule has 4 aromatic rings. The number of nitro groups is 1. The smallest absolute Gasteiger partial charge is 0.280 e. The number of carbonyl (C=O) groups is 1. The lowest BCUT2D eigenvalue weighted by atomic mass is 10.1. The van der Waals surface area contributed by atoms with Crippen molar-refractivity contribution in [1.82, 2.24) is 10.4 Å². The van der Waals surface area contributed by atoms with Gasteiger partial charge in [-0.3, -0.25) is 19.9 Å². The zero-order chi connectivity index (χ0) is 22.5. The van der Waals surface area contributed by atoms with Gasteiger partial charge in [0, 0.05) is 29.3 Å². The van der Waals surface area contributed by atoms with Crippen molar-refractivity contribution in [2.24, 2.45) is 5.10 Å². The standard InChI is InChI=1S/C23H18N4O5/c1-15(31-21-6-2-4-17-5-3-13-24-22(17)21)23(28)26-25-14-19-11-12-20(32-19)16-7-9-18(10-8-16)27(29)30/h2-15H,1H3,(H,26,28). The Morgan fingerprint density at radius 1 is 1.16 bits per heavy atom. The number of pyridine rings is 1. The Bertz CT molecular complexity index is 1290. The van der Waals surface area contributed by atoms with Crippen LogP contribution in [0.5, 0.6) is 5.75 Å². The SMILES string of the molecule is CC(Oc1cccc2cccnc12)C(=O)NN=Cc1ccc(-c2ccc([N+](=O)[O-])cc2)o1. The van der Waals surface area contributed by atoms with Crippen LogP contribution in [0.15, 0.2) is 82.4 Å². The topological polar surface area (TPSA) is 120 Å². The van der Waals surface area contributed by atoms with Crippen LogP contribution in [0.4, 0.5) is 5.69 Å². The van der Waals surface area contributed by atoms with Crippen LogP contribution in [0.1, 0.15) is 12.7 Å². The van der Waals surface area contributed by atoms with E-state index < -0.39 is 16.9 Å². The molecule has 2 aromatic heterocycles. The fourth-order valence-corrected chi connectivity index (χ4v) is 2.99. The number of fused-ring (bicyclic) bond motifs is 1. The van der Waals surface area contributed by atoms with Gasteiger partial charge in [-0.1, -0.05) is 18.2 Å². The molecule has 32 heavy (non-hydrogen) atoms. The average molecular weight is 430 g/mol. The highest BCUT2D eigenvalue weighted by Gasteiger charge is 2.16. The zero-order valence-corrected chi connectivity index (χ0v) is 17.0. The molecular formula is C23H18N4O5. The van der Waals surface area contributed by atoms with Crippen molar-refractivity contribution in [2.45, 2.75) is 13.0 Å². The fraction of sp³-hybridized carbons (Fsp3) is 0.0870. The molecule has 1 amide bonds. The molecule has 2 aromatic carbocycles. The first-order valence-electron chi connectivity index (χ1n) is 9.69. The number of benzene rings is 2. The Labute approximate surface area is 182 Å². The molecule has 0 spiro atoms. The predicted molar refractivity (Wildman–Crippen MR) is 118 cm³/mol. The molecule has 0 aliphatic rings. The van der Waals surface area contributed by atoms with Crippen LogP contribution < -0.4 is 10.2 Å². The van der Waals surface area contributed by atoms with Gasteiger partial charge in [-0.05, 0) is 43.3 Å². The molecule has 160 valence electrons. The van der Waals surface area contributed by atoms with Crippen molar-refractivity contribution < 1.29 is 18.9 Å². The molecule has 9 heteroatoms. The van der Waals surface area contributed by atoms with Crippen LogP contribution >= 0.6 is 0 Å². The molecule has 9 nitrogen and oxygen atoms in total. The average Bonchev–Trinajstić information content (AvgIpc) is 3.28. The van der Waals surface area contributed by atoms with Gasteiger partial charge in [-0.25, -0.2) is 5.43 Å². The quantitative estimate of drug-likeness (QED) is 0.265. The largest absolute Gasteiger partial charge is 0.479 e. The Balaban J connectivity index is 1.36. The first-order chi connectivity index (χ1) is 15.5. The number of carbonyl (C=O) groups excluding carboxylic acids is 1. The van der Waals surface area contributed by atoms with E-state index in [-0.39, 0.29) is 5.69 Å². The minimum Gasteiger partial charge on any atom is -0.479 e. The minimum absolute atomic E-state index is 0.000393. The maximum atomic E-state index is 12.3. The van der Waals surface area contributed by atoms with Crippen LogP contribution in [0, 0.1) is 10.1 Å². The van der Waals surface area contributed by atoms with Crippen LogP contribution in [-0.2, 0) is 4.79 Å². The third-order valence-electron chi connectivity index (χ3n) is 4.62. The lowest BCUT2D eigenvalue weighted by Gasteiger charge is -2.14. The van der Waals surface area contributed by atoms with Gasteiger partial charge in [0.1, 0.15) is 22.8 Å². The van der Waals surface area contributed by atoms with Crippen molar-refractivity contribution in [3.63, 3.8) is 0 Å². The molecule has 0 aliphatic carbocycles. The van der Waals surface area contributed by atoms with Gasteiger partial charge in [0.05, 0.1) is 11.1 Å². The number of amides is 1. The van der Waals surface area contributed by atoms with E-state index in [0.717, 1.165) is 5.39 Å². The van der Waals surface area contributed by atoms with Crippen molar-refractivity contribution in [3.8, 4) is 17.1 Å². The summed E-state index contributed by atoms with van der Waals surface area (Å²) >= 11 is 0. The Hall–Kier alpha value is -4.53. The van der Waals surface area contributed by atoms with E-state index in [9.17, 15) is 14.9 Å². The van der Waals surface area contributed by atoms with Crippen molar-refractivity contribution in [1.29, 1.82) is 0 Å². The van der Waals surface area contributed by atoms with Crippen LogP contribution in [0.25, 0.3) is 22.2 Å². The molecular weight excluding hydrogens is 412 g/mol. The number of hydrogen-bond acceptors (Lipinski definition) is 7. The summed E-state index contributed by atoms with van der Waals surface area (Å²) in [5.74, 6) is 1.00. The molecule has 1 atom stereocenters. The molecule has 0 radical (unpaired) electrons. The van der Waals surface area contributed by atoms with Gasteiger partial charge < -0.3 is 9.15 Å². The number of aromatic nitrogens is 1. The number of para-hydroxylation sites is 1. The van der Waals surface area contributed by atoms with E-state index in [4.69, 9.17) is 9.15 Å². The van der Waals surface area contributed by atoms with Gasteiger partial charge in [0.2, 0.25) is 0 Å². The Morgan fingerprint density at radius 3 is 2.72 bits per heavy atom. The second-order valence-corrected chi connectivity index (χ2v) is 6.83. The number of nitrogens with zero attached hydrogens (tertiary/aromatic N) is 3. The number of nitrogens with one attached hydrogen (secondary N) is 1. The summed E-state index contributed by atoms with van der Waals surface area (Å²) in [7, 11) is 0. The summed E-state index contributed by atoms with van der Waals surface area (Å²) in [5, 5.41) is 15.6. The highest BCUT2D eigenvalue weighted by Crippen LogP contribution is 2.25. The zero-order valence-electron chi connectivity index (χ0n) is 17.0. The number of nitro benzene ring substituents is 1. The van der Waals surface area contributed by atoms with Crippen molar-refractivity contribution >= 4 is 28.7 Å². The Morgan fingerprint density at radius 2 is 1.94 bits per heavy atom. The van der Waals surface area contributed by atoms with Gasteiger partial charge >= 0.3 is 0 Å². The number of non-ortho nitro benzene ring substituents is 1. The number of hydrogen-bond donors (Lipinski definition) is 1. The summed E-state index contributed by atoms with van der Waals surface area (Å²) in [6.45, 7) is 1.62. The summed E-state index contributed by atoms with van der Waals surface area (Å²) in [5.41, 5.74) is 3.78. The number of hydrazone groups is 1. The van der Waals surface area contributed by atoms with Crippen LogP contribution in [0.3, 0.4) is 0 Å². The molecule has 0 saturated heterocycles. The second-order valence-electron chi connectivity index (χ2n) is 6.83. The van der Waals surface area contributed by atoms with Gasteiger partial charge in [0.25, 0.3) is 11.6 Å². The molecule has 1 N–H and O–H groups in total. The van der Waals surface area contributed by atoms with E-state index in [1.807, 2.05) is 24.3 Å². The maximum Gasteiger partial charge on any atom is 0.280 e. The number of furan rings is 1. The summed E-state index contributed by atoms with van der Waals surface area (Å²) in [6, 6.07) is 18.6. The van der Waals surface area contributed by atoms with Crippen molar-refractivity contribution in [3.05, 3.63) is 88.8 Å². The monoisotopic (exact) mass is 430 g/mol. The minimum atomic E-state index is -0.799. The second kappa shape index (κ2) is 9.09. The van der Waals surface area contributed by atoms with Gasteiger partial charge in [-0.2, -0.15) is 5.10 Å². The lowest BCUT2D eigenvalue weighted by Crippen LogP contribution is -2.33. The first kappa shape index (κ1) is 20.7. The van der Waals surface area contributed by atoms with E-state index in [1.54, 1.807) is 43.5 Å². The Kier molecular flexibility index (Phi) is 5.89. The lowest BCUT2D eigenvalue weighted by molar-refractivity contribution is -0.384. The number of ether oxygens (including phenoxy) is 1. The third-order valence-corrected chi connectivity index (χ3v) is 4.62. The molecule has 0 aliphatic heterocycles. The summed E-state index contributed by atoms with van der Waals surface area (Å²) in [4.78, 5) is 26.9. The molecule has 0 saturated carbocycles. The van der Waals surface area contributed by atoms with E-state index >= 15 is 0 Å². The molecule has 0 bridgehead atoms. The fourth-order valence-electron chi connectivity index (χ4n) is 2.99. The number of rotatable bonds is 7. The van der Waals surface area contributed by atoms with E-state index in [2.05, 4.69) is 15.5 Å². The highest BCUT2D eigenvalue weighted by atomic mass is 16.6. The molecule has 2 heterocycles. The van der Waals surface area contributed by atoms with Crippen molar-refractivity contribution in [2.75, 3.05) is 0 Å². The van der Waals surface area contributed by atoms with E-state index in [1.165, 1.54) is 18.3 Å². The molecule has 1 unspecified atom stereocenters. The summed E-state index contributed by atoms with van der Waals surface area (Å²) < 4.78 is 11.4. The van der Waals surface area contributed by atoms with E-state index in [0.29, 0.717) is 28.4 Å². The van der Waals surface area contributed by atoms with Crippen LogP contribution in [0.2, 0.25) is 0 Å².